The van der Waals surface area contributed by atoms with Gasteiger partial charge in [0.15, 0.2) is 6.10 Å². The molecular weight excluding hydrogens is 430 g/mol. The molecule has 34 heavy (non-hydrogen) atoms. The minimum Gasteiger partial charge on any atom is -0.479 e. The zero-order valence-corrected chi connectivity index (χ0v) is 22.1. The Labute approximate surface area is 204 Å². The number of rotatable bonds is 5. The van der Waals surface area contributed by atoms with Gasteiger partial charge in [0.25, 0.3) is 0 Å². The van der Waals surface area contributed by atoms with Crippen LogP contribution in [0.3, 0.4) is 0 Å². The van der Waals surface area contributed by atoms with Crippen LogP contribution in [0.1, 0.15) is 89.4 Å². The zero-order valence-electron chi connectivity index (χ0n) is 22.1. The third kappa shape index (κ3) is 5.80. The quantitative estimate of drug-likeness (QED) is 0.658. The number of carbonyl (C=O) groups is 2. The summed E-state index contributed by atoms with van der Waals surface area (Å²) in [5.74, 6) is -0.939. The SMILES string of the molecule is CC(=O)N1CC=C(c2c(C)nc(C)c([C@H](OC(C)(C)C)C(=O)O)c2N2CCC(C)(C)CC2)CC1. The van der Waals surface area contributed by atoms with E-state index in [0.29, 0.717) is 24.3 Å². The van der Waals surface area contributed by atoms with Crippen molar-refractivity contribution in [2.45, 2.75) is 86.4 Å². The number of anilines is 1. The van der Waals surface area contributed by atoms with Crippen molar-refractivity contribution in [3.05, 3.63) is 28.6 Å². The standard InChI is InChI=1S/C27H41N3O4/c1-17-21(20-9-13-29(14-10-20)19(3)31)23(30-15-11-27(7,8)12-16-30)22(18(2)28-17)24(25(32)33)34-26(4,5)6/h9,24H,10-16H2,1-8H3,(H,32,33)/t24-/m0/s1. The van der Waals surface area contributed by atoms with Gasteiger partial charge >= 0.3 is 5.97 Å². The summed E-state index contributed by atoms with van der Waals surface area (Å²) in [4.78, 5) is 33.4. The number of amides is 1. The summed E-state index contributed by atoms with van der Waals surface area (Å²) >= 11 is 0. The maximum atomic E-state index is 12.5. The fourth-order valence-electron chi connectivity index (χ4n) is 4.98. The average Bonchev–Trinajstić information content (AvgIpc) is 2.71. The van der Waals surface area contributed by atoms with Gasteiger partial charge in [0.1, 0.15) is 0 Å². The van der Waals surface area contributed by atoms with Crippen LogP contribution in [0.15, 0.2) is 6.08 Å². The molecule has 0 bridgehead atoms. The highest BCUT2D eigenvalue weighted by Crippen LogP contribution is 2.44. The van der Waals surface area contributed by atoms with Crippen LogP contribution in [0.2, 0.25) is 0 Å². The van der Waals surface area contributed by atoms with Gasteiger partial charge in [-0.2, -0.15) is 0 Å². The van der Waals surface area contributed by atoms with E-state index in [9.17, 15) is 14.7 Å². The van der Waals surface area contributed by atoms with Gasteiger partial charge in [-0.1, -0.05) is 19.9 Å². The van der Waals surface area contributed by atoms with Crippen LogP contribution in [0.4, 0.5) is 5.69 Å². The second-order valence-electron chi connectivity index (χ2n) is 11.5. The van der Waals surface area contributed by atoms with Crippen LogP contribution in [0.5, 0.6) is 0 Å². The number of aryl methyl sites for hydroxylation is 2. The Hall–Kier alpha value is -2.41. The summed E-state index contributed by atoms with van der Waals surface area (Å²) in [5, 5.41) is 10.3. The van der Waals surface area contributed by atoms with Gasteiger partial charge in [-0.25, -0.2) is 4.79 Å². The molecule has 7 nitrogen and oxygen atoms in total. The zero-order chi connectivity index (χ0) is 25.4. The average molecular weight is 472 g/mol. The number of carboxylic acids is 1. The normalized spacial score (nSPS) is 19.6. The van der Waals surface area contributed by atoms with Crippen molar-refractivity contribution in [3.8, 4) is 0 Å². The highest BCUT2D eigenvalue weighted by Gasteiger charge is 2.37. The van der Waals surface area contributed by atoms with E-state index in [1.807, 2.05) is 39.5 Å². The van der Waals surface area contributed by atoms with Gasteiger partial charge < -0.3 is 19.6 Å². The fraction of sp³-hybridized carbons (Fsp3) is 0.667. The number of hydrogen-bond donors (Lipinski definition) is 1. The van der Waals surface area contributed by atoms with Crippen molar-refractivity contribution in [2.24, 2.45) is 5.41 Å². The highest BCUT2D eigenvalue weighted by molar-refractivity contribution is 5.86. The largest absolute Gasteiger partial charge is 0.479 e. The van der Waals surface area contributed by atoms with E-state index < -0.39 is 17.7 Å². The van der Waals surface area contributed by atoms with Crippen molar-refractivity contribution >= 4 is 23.1 Å². The second-order valence-corrected chi connectivity index (χ2v) is 11.5. The molecule has 1 aromatic rings. The lowest BCUT2D eigenvalue weighted by Crippen LogP contribution is -2.40. The first-order valence-electron chi connectivity index (χ1n) is 12.3. The summed E-state index contributed by atoms with van der Waals surface area (Å²) in [7, 11) is 0. The molecule has 3 heterocycles. The Kier molecular flexibility index (Phi) is 7.46. The molecule has 1 saturated heterocycles. The molecular formula is C27H41N3O4. The van der Waals surface area contributed by atoms with Gasteiger partial charge in [-0.3, -0.25) is 9.78 Å². The van der Waals surface area contributed by atoms with E-state index in [4.69, 9.17) is 9.72 Å². The van der Waals surface area contributed by atoms with E-state index in [0.717, 1.165) is 54.9 Å². The number of piperidine rings is 1. The van der Waals surface area contributed by atoms with E-state index in [1.54, 1.807) is 6.92 Å². The summed E-state index contributed by atoms with van der Waals surface area (Å²) in [5.41, 5.74) is 4.94. The van der Waals surface area contributed by atoms with Crippen LogP contribution >= 0.6 is 0 Å². The Morgan fingerprint density at radius 3 is 2.21 bits per heavy atom. The molecule has 0 aliphatic carbocycles. The first-order valence-corrected chi connectivity index (χ1v) is 12.3. The minimum atomic E-state index is -1.12. The lowest BCUT2D eigenvalue weighted by atomic mass is 9.81. The predicted octanol–water partition coefficient (Wildman–Crippen LogP) is 4.90. The second kappa shape index (κ2) is 9.68. The molecule has 1 atom stereocenters. The fourth-order valence-corrected chi connectivity index (χ4v) is 4.98. The molecule has 1 amide bonds. The van der Waals surface area contributed by atoms with Crippen molar-refractivity contribution in [1.82, 2.24) is 9.88 Å². The Bertz CT molecular complexity index is 981. The van der Waals surface area contributed by atoms with E-state index >= 15 is 0 Å². The summed E-state index contributed by atoms with van der Waals surface area (Å²) < 4.78 is 6.13. The van der Waals surface area contributed by atoms with Crippen molar-refractivity contribution < 1.29 is 19.4 Å². The third-order valence-corrected chi connectivity index (χ3v) is 6.95. The Morgan fingerprint density at radius 2 is 1.74 bits per heavy atom. The lowest BCUT2D eigenvalue weighted by Gasteiger charge is -2.41. The number of ether oxygens (including phenoxy) is 1. The van der Waals surface area contributed by atoms with Crippen molar-refractivity contribution in [3.63, 3.8) is 0 Å². The maximum absolute atomic E-state index is 12.5. The number of nitrogens with zero attached hydrogens (tertiary/aromatic N) is 3. The Morgan fingerprint density at radius 1 is 1.12 bits per heavy atom. The molecule has 2 aliphatic heterocycles. The number of carbonyl (C=O) groups excluding carboxylic acids is 1. The molecule has 188 valence electrons. The number of pyridine rings is 1. The molecule has 1 fully saturated rings. The first-order chi connectivity index (χ1) is 15.7. The number of carboxylic acid groups (broad SMARTS) is 1. The molecule has 2 aliphatic rings. The van der Waals surface area contributed by atoms with Gasteiger partial charge in [0.2, 0.25) is 5.91 Å². The third-order valence-electron chi connectivity index (χ3n) is 6.95. The molecule has 0 unspecified atom stereocenters. The predicted molar refractivity (Wildman–Crippen MR) is 135 cm³/mol. The number of aliphatic carboxylic acids is 1. The lowest BCUT2D eigenvalue weighted by molar-refractivity contribution is -0.160. The summed E-state index contributed by atoms with van der Waals surface area (Å²) in [6, 6.07) is 0. The van der Waals surface area contributed by atoms with Crippen LogP contribution in [0, 0.1) is 19.3 Å². The summed E-state index contributed by atoms with van der Waals surface area (Å²) in [6.45, 7) is 18.6. The highest BCUT2D eigenvalue weighted by atomic mass is 16.5. The van der Waals surface area contributed by atoms with Gasteiger partial charge in [-0.05, 0) is 64.9 Å². The molecule has 0 saturated carbocycles. The first kappa shape index (κ1) is 26.2. The van der Waals surface area contributed by atoms with E-state index in [1.165, 1.54) is 0 Å². The topological polar surface area (TPSA) is 83.0 Å². The van der Waals surface area contributed by atoms with Crippen LogP contribution in [-0.2, 0) is 14.3 Å². The maximum Gasteiger partial charge on any atom is 0.337 e. The van der Waals surface area contributed by atoms with Crippen LogP contribution < -0.4 is 4.90 Å². The van der Waals surface area contributed by atoms with Crippen molar-refractivity contribution in [2.75, 3.05) is 31.1 Å². The molecule has 0 aromatic carbocycles. The van der Waals surface area contributed by atoms with Crippen LogP contribution in [-0.4, -0.2) is 58.6 Å². The van der Waals surface area contributed by atoms with Crippen molar-refractivity contribution in [1.29, 1.82) is 0 Å². The monoisotopic (exact) mass is 471 g/mol. The van der Waals surface area contributed by atoms with Gasteiger partial charge in [-0.15, -0.1) is 0 Å². The van der Waals surface area contributed by atoms with Gasteiger partial charge in [0.05, 0.1) is 11.3 Å². The van der Waals surface area contributed by atoms with E-state index in [2.05, 4.69) is 24.8 Å². The number of hydrogen-bond acceptors (Lipinski definition) is 5. The Balaban J connectivity index is 2.22. The number of aromatic nitrogens is 1. The van der Waals surface area contributed by atoms with Gasteiger partial charge in [0, 0.05) is 55.6 Å². The summed E-state index contributed by atoms with van der Waals surface area (Å²) in [6.07, 6.45) is 3.76. The minimum absolute atomic E-state index is 0.0674. The molecule has 3 rings (SSSR count). The van der Waals surface area contributed by atoms with E-state index in [-0.39, 0.29) is 11.3 Å². The molecule has 7 heteroatoms. The molecule has 1 aromatic heterocycles. The molecule has 1 N–H and O–H groups in total. The molecule has 0 radical (unpaired) electrons. The van der Waals surface area contributed by atoms with Crippen LogP contribution in [0.25, 0.3) is 5.57 Å². The smallest absolute Gasteiger partial charge is 0.337 e. The molecule has 0 spiro atoms.